The summed E-state index contributed by atoms with van der Waals surface area (Å²) in [6.45, 7) is 2.76. The van der Waals surface area contributed by atoms with Gasteiger partial charge in [-0.1, -0.05) is 6.07 Å². The van der Waals surface area contributed by atoms with Crippen molar-refractivity contribution in [2.45, 2.75) is 13.5 Å². The molecule has 1 aromatic heterocycles. The molecule has 0 radical (unpaired) electrons. The van der Waals surface area contributed by atoms with E-state index in [4.69, 9.17) is 0 Å². The van der Waals surface area contributed by atoms with Gasteiger partial charge in [-0.05, 0) is 49.4 Å². The SMILES string of the molecule is CNCc1cc(F)ccc1-c1ccc(C)s1. The zero-order valence-corrected chi connectivity index (χ0v) is 10.2. The molecule has 0 aliphatic rings. The van der Waals surface area contributed by atoms with Crippen LogP contribution >= 0.6 is 11.3 Å². The average molecular weight is 235 g/mol. The number of hydrogen-bond acceptors (Lipinski definition) is 2. The minimum atomic E-state index is -0.178. The normalized spacial score (nSPS) is 10.7. The third-order valence-electron chi connectivity index (χ3n) is 2.44. The number of benzene rings is 1. The fourth-order valence-electron chi connectivity index (χ4n) is 1.72. The van der Waals surface area contributed by atoms with E-state index >= 15 is 0 Å². The molecule has 16 heavy (non-hydrogen) atoms. The Morgan fingerprint density at radius 1 is 1.25 bits per heavy atom. The largest absolute Gasteiger partial charge is 0.316 e. The molecule has 0 saturated carbocycles. The number of halogens is 1. The lowest BCUT2D eigenvalue weighted by Crippen LogP contribution is -2.06. The molecule has 1 heterocycles. The topological polar surface area (TPSA) is 12.0 Å². The molecule has 3 heteroatoms. The minimum Gasteiger partial charge on any atom is -0.316 e. The standard InChI is InChI=1S/C13H14FNS/c1-9-3-6-13(16-9)12-5-4-11(14)7-10(12)8-15-2/h3-7,15H,8H2,1-2H3. The molecule has 1 aromatic carbocycles. The fourth-order valence-corrected chi connectivity index (χ4v) is 2.65. The van der Waals surface area contributed by atoms with Crippen LogP contribution in [0.5, 0.6) is 0 Å². The number of nitrogens with one attached hydrogen (secondary N) is 1. The Bertz CT molecular complexity index is 490. The van der Waals surface area contributed by atoms with Crippen molar-refractivity contribution in [3.63, 3.8) is 0 Å². The van der Waals surface area contributed by atoms with E-state index in [-0.39, 0.29) is 5.82 Å². The van der Waals surface area contributed by atoms with E-state index < -0.39 is 0 Å². The molecule has 2 aromatic rings. The summed E-state index contributed by atoms with van der Waals surface area (Å²) in [5, 5.41) is 3.07. The molecule has 0 aliphatic heterocycles. The van der Waals surface area contributed by atoms with Gasteiger partial charge < -0.3 is 5.32 Å². The lowest BCUT2D eigenvalue weighted by atomic mass is 10.1. The summed E-state index contributed by atoms with van der Waals surface area (Å²) in [5.74, 6) is -0.178. The Morgan fingerprint density at radius 3 is 2.69 bits per heavy atom. The molecule has 0 spiro atoms. The quantitative estimate of drug-likeness (QED) is 0.857. The van der Waals surface area contributed by atoms with Gasteiger partial charge in [0.05, 0.1) is 0 Å². The molecular weight excluding hydrogens is 221 g/mol. The van der Waals surface area contributed by atoms with Crippen molar-refractivity contribution in [3.8, 4) is 10.4 Å². The Labute approximate surface area is 98.9 Å². The Kier molecular flexibility index (Phi) is 3.36. The number of hydrogen-bond donors (Lipinski definition) is 1. The van der Waals surface area contributed by atoms with E-state index in [0.717, 1.165) is 11.1 Å². The highest BCUT2D eigenvalue weighted by Gasteiger charge is 2.07. The summed E-state index contributed by atoms with van der Waals surface area (Å²) in [7, 11) is 1.87. The van der Waals surface area contributed by atoms with Gasteiger partial charge in [0.1, 0.15) is 5.82 Å². The molecular formula is C13H14FNS. The summed E-state index contributed by atoms with van der Waals surface area (Å²) in [6, 6.07) is 9.15. The lowest BCUT2D eigenvalue weighted by Gasteiger charge is -2.07. The second kappa shape index (κ2) is 4.76. The maximum absolute atomic E-state index is 13.2. The van der Waals surface area contributed by atoms with Crippen LogP contribution in [0, 0.1) is 12.7 Å². The summed E-state index contributed by atoms with van der Waals surface area (Å²) in [5.41, 5.74) is 2.12. The van der Waals surface area contributed by atoms with Crippen LogP contribution in [0.15, 0.2) is 30.3 Å². The first-order valence-corrected chi connectivity index (χ1v) is 6.02. The van der Waals surface area contributed by atoms with Gasteiger partial charge in [-0.3, -0.25) is 0 Å². The van der Waals surface area contributed by atoms with Gasteiger partial charge in [-0.25, -0.2) is 4.39 Å². The third kappa shape index (κ3) is 2.31. The second-order valence-electron chi connectivity index (χ2n) is 3.74. The smallest absolute Gasteiger partial charge is 0.123 e. The van der Waals surface area contributed by atoms with Gasteiger partial charge in [0, 0.05) is 16.3 Å². The van der Waals surface area contributed by atoms with Crippen molar-refractivity contribution < 1.29 is 4.39 Å². The molecule has 84 valence electrons. The maximum Gasteiger partial charge on any atom is 0.123 e. The van der Waals surface area contributed by atoms with Gasteiger partial charge in [0.15, 0.2) is 0 Å². The summed E-state index contributed by atoms with van der Waals surface area (Å²) < 4.78 is 13.2. The summed E-state index contributed by atoms with van der Waals surface area (Å²) in [4.78, 5) is 2.47. The predicted octanol–water partition coefficient (Wildman–Crippen LogP) is 3.58. The highest BCUT2D eigenvalue weighted by molar-refractivity contribution is 7.15. The lowest BCUT2D eigenvalue weighted by molar-refractivity contribution is 0.624. The Morgan fingerprint density at radius 2 is 2.06 bits per heavy atom. The van der Waals surface area contributed by atoms with Crippen molar-refractivity contribution >= 4 is 11.3 Å². The van der Waals surface area contributed by atoms with Gasteiger partial charge in [0.2, 0.25) is 0 Å². The monoisotopic (exact) mass is 235 g/mol. The third-order valence-corrected chi connectivity index (χ3v) is 3.47. The number of thiophene rings is 1. The van der Waals surface area contributed by atoms with Gasteiger partial charge in [-0.2, -0.15) is 0 Å². The van der Waals surface area contributed by atoms with E-state index in [0.29, 0.717) is 6.54 Å². The number of rotatable bonds is 3. The van der Waals surface area contributed by atoms with Crippen LogP contribution in [0.1, 0.15) is 10.4 Å². The van der Waals surface area contributed by atoms with Crippen LogP contribution in [0.25, 0.3) is 10.4 Å². The van der Waals surface area contributed by atoms with Crippen LogP contribution in [0.4, 0.5) is 4.39 Å². The van der Waals surface area contributed by atoms with Crippen LogP contribution in [-0.2, 0) is 6.54 Å². The molecule has 2 rings (SSSR count). The van der Waals surface area contributed by atoms with Crippen molar-refractivity contribution in [2.75, 3.05) is 7.05 Å². The first-order chi connectivity index (χ1) is 7.70. The molecule has 0 saturated heterocycles. The van der Waals surface area contributed by atoms with Crippen LogP contribution in [0.2, 0.25) is 0 Å². The van der Waals surface area contributed by atoms with Gasteiger partial charge in [-0.15, -0.1) is 11.3 Å². The van der Waals surface area contributed by atoms with Crippen molar-refractivity contribution in [3.05, 3.63) is 46.6 Å². The zero-order chi connectivity index (χ0) is 11.5. The van der Waals surface area contributed by atoms with E-state index in [9.17, 15) is 4.39 Å². The molecule has 1 nitrogen and oxygen atoms in total. The van der Waals surface area contributed by atoms with E-state index in [1.54, 1.807) is 17.4 Å². The first-order valence-electron chi connectivity index (χ1n) is 5.20. The maximum atomic E-state index is 13.2. The Balaban J connectivity index is 2.47. The van der Waals surface area contributed by atoms with Crippen LogP contribution in [0.3, 0.4) is 0 Å². The Hall–Kier alpha value is -1.19. The summed E-state index contributed by atoms with van der Waals surface area (Å²) >= 11 is 1.74. The van der Waals surface area contributed by atoms with Crippen LogP contribution in [-0.4, -0.2) is 7.05 Å². The molecule has 0 fully saturated rings. The van der Waals surface area contributed by atoms with Gasteiger partial charge >= 0.3 is 0 Å². The van der Waals surface area contributed by atoms with E-state index in [2.05, 4.69) is 24.4 Å². The highest BCUT2D eigenvalue weighted by atomic mass is 32.1. The molecule has 1 N–H and O–H groups in total. The van der Waals surface area contributed by atoms with Gasteiger partial charge in [0.25, 0.3) is 0 Å². The molecule has 0 aliphatic carbocycles. The van der Waals surface area contributed by atoms with Crippen molar-refractivity contribution in [2.24, 2.45) is 0 Å². The molecule has 0 bridgehead atoms. The second-order valence-corrected chi connectivity index (χ2v) is 5.03. The molecule has 0 amide bonds. The van der Waals surface area contributed by atoms with Crippen molar-refractivity contribution in [1.82, 2.24) is 5.32 Å². The first kappa shape index (κ1) is 11.3. The summed E-state index contributed by atoms with van der Waals surface area (Å²) in [6.07, 6.45) is 0. The molecule has 0 unspecified atom stereocenters. The number of aryl methyl sites for hydroxylation is 1. The van der Waals surface area contributed by atoms with E-state index in [1.165, 1.54) is 15.8 Å². The van der Waals surface area contributed by atoms with Crippen LogP contribution < -0.4 is 5.32 Å². The minimum absolute atomic E-state index is 0.178. The zero-order valence-electron chi connectivity index (χ0n) is 9.38. The fraction of sp³-hybridized carbons (Fsp3) is 0.231. The van der Waals surface area contributed by atoms with Crippen molar-refractivity contribution in [1.29, 1.82) is 0 Å². The predicted molar refractivity (Wildman–Crippen MR) is 67.2 cm³/mol. The highest BCUT2D eigenvalue weighted by Crippen LogP contribution is 2.30. The molecule has 0 atom stereocenters. The van der Waals surface area contributed by atoms with E-state index in [1.807, 2.05) is 13.1 Å². The average Bonchev–Trinajstić information content (AvgIpc) is 2.65.